The first-order valence-corrected chi connectivity index (χ1v) is 5.58. The first kappa shape index (κ1) is 11.1. The number of nitrogens with zero attached hydrogens (tertiary/aromatic N) is 4. The van der Waals surface area contributed by atoms with E-state index in [1.807, 2.05) is 0 Å². The fourth-order valence-electron chi connectivity index (χ4n) is 1.83. The molecular formula is C10H16N4O2. The van der Waals surface area contributed by atoms with E-state index in [1.165, 1.54) is 19.0 Å². The second-order valence-corrected chi connectivity index (χ2v) is 4.16. The molecule has 0 unspecified atom stereocenters. The molecule has 16 heavy (non-hydrogen) atoms. The lowest BCUT2D eigenvalue weighted by molar-refractivity contribution is 0.0690. The van der Waals surface area contributed by atoms with Crippen LogP contribution in [0.5, 0.6) is 0 Å². The summed E-state index contributed by atoms with van der Waals surface area (Å²) in [5.74, 6) is -1.02. The number of rotatable bonds is 5. The number of aromatic nitrogens is 3. The van der Waals surface area contributed by atoms with E-state index in [0.29, 0.717) is 0 Å². The van der Waals surface area contributed by atoms with Crippen molar-refractivity contribution < 1.29 is 9.90 Å². The highest BCUT2D eigenvalue weighted by atomic mass is 16.4. The van der Waals surface area contributed by atoms with E-state index in [4.69, 9.17) is 5.11 Å². The Kier molecular flexibility index (Phi) is 3.19. The van der Waals surface area contributed by atoms with Gasteiger partial charge >= 0.3 is 5.97 Å². The van der Waals surface area contributed by atoms with Crippen molar-refractivity contribution in [2.75, 3.05) is 19.6 Å². The van der Waals surface area contributed by atoms with E-state index in [2.05, 4.69) is 22.1 Å². The van der Waals surface area contributed by atoms with Crippen molar-refractivity contribution >= 4 is 5.97 Å². The van der Waals surface area contributed by atoms with Crippen molar-refractivity contribution in [2.24, 2.45) is 0 Å². The van der Waals surface area contributed by atoms with Crippen LogP contribution in [0.25, 0.3) is 0 Å². The fourth-order valence-corrected chi connectivity index (χ4v) is 1.83. The minimum atomic E-state index is -1.02. The third-order valence-corrected chi connectivity index (χ3v) is 2.87. The van der Waals surface area contributed by atoms with Gasteiger partial charge in [0.15, 0.2) is 5.69 Å². The standard InChI is InChI=1S/C10H16N4O2/c1-2-3-4-13-5-8(6-13)14-7-9(10(15)16)11-12-14/h7-8H,2-6H2,1H3,(H,15,16). The molecule has 6 heteroatoms. The Morgan fingerprint density at radius 1 is 1.62 bits per heavy atom. The molecule has 1 saturated heterocycles. The molecule has 0 aliphatic carbocycles. The minimum Gasteiger partial charge on any atom is -0.476 e. The molecule has 0 atom stereocenters. The fraction of sp³-hybridized carbons (Fsp3) is 0.700. The SMILES string of the molecule is CCCCN1CC(n2cc(C(=O)O)nn2)C1. The molecule has 2 heterocycles. The lowest BCUT2D eigenvalue weighted by atomic mass is 10.1. The van der Waals surface area contributed by atoms with Gasteiger partial charge in [0.25, 0.3) is 0 Å². The zero-order valence-corrected chi connectivity index (χ0v) is 9.33. The van der Waals surface area contributed by atoms with Crippen LogP contribution in [0.3, 0.4) is 0 Å². The molecule has 0 radical (unpaired) electrons. The van der Waals surface area contributed by atoms with Crippen LogP contribution in [0.15, 0.2) is 6.20 Å². The second kappa shape index (κ2) is 4.61. The molecule has 0 aromatic carbocycles. The molecule has 1 aromatic heterocycles. The highest BCUT2D eigenvalue weighted by Gasteiger charge is 2.28. The predicted molar refractivity (Wildman–Crippen MR) is 57.4 cm³/mol. The third-order valence-electron chi connectivity index (χ3n) is 2.87. The van der Waals surface area contributed by atoms with Crippen LogP contribution < -0.4 is 0 Å². The molecule has 88 valence electrons. The van der Waals surface area contributed by atoms with Gasteiger partial charge in [-0.15, -0.1) is 5.10 Å². The summed E-state index contributed by atoms with van der Waals surface area (Å²) in [6, 6.07) is 0.289. The molecule has 1 fully saturated rings. The van der Waals surface area contributed by atoms with Gasteiger partial charge in [-0.2, -0.15) is 0 Å². The quantitative estimate of drug-likeness (QED) is 0.794. The number of unbranched alkanes of at least 4 members (excludes halogenated alkanes) is 1. The summed E-state index contributed by atoms with van der Waals surface area (Å²) in [4.78, 5) is 13.0. The topological polar surface area (TPSA) is 71.2 Å². The molecule has 0 bridgehead atoms. The minimum absolute atomic E-state index is 0.0204. The molecule has 0 saturated carbocycles. The number of carboxylic acid groups (broad SMARTS) is 1. The number of hydrogen-bond acceptors (Lipinski definition) is 4. The Bertz CT molecular complexity index is 371. The van der Waals surface area contributed by atoms with Crippen molar-refractivity contribution in [1.82, 2.24) is 19.9 Å². The lowest BCUT2D eigenvalue weighted by Crippen LogP contribution is -2.48. The number of carbonyl (C=O) groups is 1. The molecule has 0 amide bonds. The molecule has 2 rings (SSSR count). The Morgan fingerprint density at radius 2 is 2.38 bits per heavy atom. The molecule has 0 spiro atoms. The number of carboxylic acids is 1. The number of hydrogen-bond donors (Lipinski definition) is 1. The average molecular weight is 224 g/mol. The normalized spacial score (nSPS) is 17.3. The van der Waals surface area contributed by atoms with Crippen LogP contribution in [0.4, 0.5) is 0 Å². The average Bonchev–Trinajstić information content (AvgIpc) is 2.64. The Morgan fingerprint density at radius 3 is 2.94 bits per heavy atom. The summed E-state index contributed by atoms with van der Waals surface area (Å²) < 4.78 is 1.66. The van der Waals surface area contributed by atoms with E-state index in [1.54, 1.807) is 4.68 Å². The maximum absolute atomic E-state index is 10.6. The summed E-state index contributed by atoms with van der Waals surface area (Å²) in [5.41, 5.74) is 0.0204. The van der Waals surface area contributed by atoms with Gasteiger partial charge in [0.2, 0.25) is 0 Å². The Labute approximate surface area is 93.9 Å². The van der Waals surface area contributed by atoms with Crippen LogP contribution >= 0.6 is 0 Å². The zero-order valence-electron chi connectivity index (χ0n) is 9.33. The lowest BCUT2D eigenvalue weighted by Gasteiger charge is -2.38. The predicted octanol–water partition coefficient (Wildman–Crippen LogP) is 0.633. The van der Waals surface area contributed by atoms with Gasteiger partial charge in [-0.3, -0.25) is 4.90 Å². The van der Waals surface area contributed by atoms with Gasteiger partial charge in [0, 0.05) is 13.1 Å². The van der Waals surface area contributed by atoms with Crippen molar-refractivity contribution in [3.63, 3.8) is 0 Å². The largest absolute Gasteiger partial charge is 0.476 e. The molecule has 1 aromatic rings. The van der Waals surface area contributed by atoms with Crippen LogP contribution in [0, 0.1) is 0 Å². The number of aromatic carboxylic acids is 1. The summed E-state index contributed by atoms with van der Waals surface area (Å²) >= 11 is 0. The van der Waals surface area contributed by atoms with Crippen LogP contribution in [-0.2, 0) is 0 Å². The van der Waals surface area contributed by atoms with Gasteiger partial charge in [-0.25, -0.2) is 9.48 Å². The van der Waals surface area contributed by atoms with Crippen molar-refractivity contribution in [1.29, 1.82) is 0 Å². The third kappa shape index (κ3) is 2.21. The zero-order chi connectivity index (χ0) is 11.5. The monoisotopic (exact) mass is 224 g/mol. The van der Waals surface area contributed by atoms with Crippen LogP contribution in [0.1, 0.15) is 36.3 Å². The van der Waals surface area contributed by atoms with Gasteiger partial charge in [0.05, 0.1) is 12.2 Å². The van der Waals surface area contributed by atoms with Gasteiger partial charge < -0.3 is 5.11 Å². The summed E-state index contributed by atoms with van der Waals surface area (Å²) in [6.45, 7) is 5.19. The highest BCUT2D eigenvalue weighted by molar-refractivity contribution is 5.84. The summed E-state index contributed by atoms with van der Waals surface area (Å²) in [6.07, 6.45) is 3.92. The first-order chi connectivity index (χ1) is 7.70. The van der Waals surface area contributed by atoms with Crippen molar-refractivity contribution in [3.8, 4) is 0 Å². The van der Waals surface area contributed by atoms with E-state index in [9.17, 15) is 4.79 Å². The molecule has 6 nitrogen and oxygen atoms in total. The first-order valence-electron chi connectivity index (χ1n) is 5.58. The summed E-state index contributed by atoms with van der Waals surface area (Å²) in [7, 11) is 0. The molecule has 1 aliphatic heterocycles. The Hall–Kier alpha value is -1.43. The van der Waals surface area contributed by atoms with Crippen LogP contribution in [-0.4, -0.2) is 50.6 Å². The van der Waals surface area contributed by atoms with E-state index >= 15 is 0 Å². The van der Waals surface area contributed by atoms with Crippen LogP contribution in [0.2, 0.25) is 0 Å². The Balaban J connectivity index is 1.84. The molecule has 1 aliphatic rings. The van der Waals surface area contributed by atoms with Gasteiger partial charge in [-0.05, 0) is 13.0 Å². The van der Waals surface area contributed by atoms with Crippen molar-refractivity contribution in [2.45, 2.75) is 25.8 Å². The van der Waals surface area contributed by atoms with E-state index < -0.39 is 5.97 Å². The smallest absolute Gasteiger partial charge is 0.358 e. The summed E-state index contributed by atoms with van der Waals surface area (Å²) in [5, 5.41) is 16.1. The van der Waals surface area contributed by atoms with Gasteiger partial charge in [-0.1, -0.05) is 18.6 Å². The molecular weight excluding hydrogens is 208 g/mol. The molecule has 1 N–H and O–H groups in total. The van der Waals surface area contributed by atoms with E-state index in [-0.39, 0.29) is 11.7 Å². The highest BCUT2D eigenvalue weighted by Crippen LogP contribution is 2.20. The maximum Gasteiger partial charge on any atom is 0.358 e. The van der Waals surface area contributed by atoms with Crippen molar-refractivity contribution in [3.05, 3.63) is 11.9 Å². The van der Waals surface area contributed by atoms with E-state index in [0.717, 1.165) is 19.6 Å². The number of likely N-dealkylation sites (tertiary alicyclic amines) is 1. The maximum atomic E-state index is 10.6. The second-order valence-electron chi connectivity index (χ2n) is 4.16. The van der Waals surface area contributed by atoms with Gasteiger partial charge in [0.1, 0.15) is 0 Å².